The number of thiophene rings is 1. The Labute approximate surface area is 328 Å². The lowest BCUT2D eigenvalue weighted by atomic mass is 9.93. The van der Waals surface area contributed by atoms with Crippen molar-refractivity contribution in [3.05, 3.63) is 200 Å². The largest absolute Gasteiger partial charge is 0.456 e. The molecule has 0 amide bonds. The number of hydrogen-bond acceptors (Lipinski definition) is 3. The molecule has 0 aliphatic carbocycles. The summed E-state index contributed by atoms with van der Waals surface area (Å²) in [5.41, 5.74) is 16.1. The number of fused-ring (bicyclic) bond motifs is 6. The minimum atomic E-state index is 0.858. The lowest BCUT2D eigenvalue weighted by Crippen LogP contribution is -1.86. The molecule has 0 aliphatic heterocycles. The zero-order valence-electron chi connectivity index (χ0n) is 30.3. The van der Waals surface area contributed by atoms with E-state index >= 15 is 0 Å². The topological polar surface area (TPSA) is 26.0 Å². The van der Waals surface area contributed by atoms with Crippen molar-refractivity contribution in [1.82, 2.24) is 4.98 Å². The van der Waals surface area contributed by atoms with Crippen molar-refractivity contribution in [2.75, 3.05) is 0 Å². The zero-order chi connectivity index (χ0) is 37.0. The molecule has 8 aromatic carbocycles. The van der Waals surface area contributed by atoms with Crippen molar-refractivity contribution in [2.45, 2.75) is 0 Å². The Kier molecular flexibility index (Phi) is 7.72. The van der Waals surface area contributed by atoms with Gasteiger partial charge in [0.05, 0.1) is 0 Å². The van der Waals surface area contributed by atoms with E-state index in [-0.39, 0.29) is 0 Å². The first kappa shape index (κ1) is 32.4. The molecule has 0 saturated carbocycles. The second kappa shape index (κ2) is 13.3. The molecule has 11 aromatic rings. The molecule has 262 valence electrons. The maximum atomic E-state index is 6.05. The van der Waals surface area contributed by atoms with Crippen molar-refractivity contribution in [3.8, 4) is 66.8 Å². The van der Waals surface area contributed by atoms with Gasteiger partial charge in [-0.25, -0.2) is 0 Å². The van der Waals surface area contributed by atoms with Gasteiger partial charge in [0.15, 0.2) is 0 Å². The second-order valence-electron chi connectivity index (χ2n) is 14.4. The fourth-order valence-electron chi connectivity index (χ4n) is 8.10. The first-order valence-electron chi connectivity index (χ1n) is 18.9. The molecule has 0 spiro atoms. The van der Waals surface area contributed by atoms with E-state index < -0.39 is 0 Å². The van der Waals surface area contributed by atoms with Crippen LogP contribution in [-0.4, -0.2) is 4.98 Å². The van der Waals surface area contributed by atoms with E-state index in [1.807, 2.05) is 23.6 Å². The predicted molar refractivity (Wildman–Crippen MR) is 237 cm³/mol. The molecule has 3 aromatic heterocycles. The smallest absolute Gasteiger partial charge is 0.138 e. The molecule has 56 heavy (non-hydrogen) atoms. The second-order valence-corrected chi connectivity index (χ2v) is 15.5. The van der Waals surface area contributed by atoms with E-state index in [2.05, 4.69) is 187 Å². The summed E-state index contributed by atoms with van der Waals surface area (Å²) in [4.78, 5) is 4.33. The maximum absolute atomic E-state index is 6.05. The van der Waals surface area contributed by atoms with Gasteiger partial charge in [-0.1, -0.05) is 121 Å². The van der Waals surface area contributed by atoms with Gasteiger partial charge in [0.2, 0.25) is 0 Å². The standard InChI is InChI=1S/C53H33NOS/c1-2-19-52-46(18-1)48-32-45(21-23-53(48)56-52)43-17-7-15-41(30-43)39-13-5-11-37(28-39)35-9-3-8-34(26-35)36-10-4-12-38(27-36)40-14-6-16-42(29-40)44-20-22-50-47(31-44)49-33-54-25-24-51(49)55-50/h1-33H. The molecule has 0 saturated heterocycles. The van der Waals surface area contributed by atoms with Crippen LogP contribution >= 0.6 is 11.3 Å². The minimum Gasteiger partial charge on any atom is -0.456 e. The van der Waals surface area contributed by atoms with Crippen molar-refractivity contribution >= 4 is 53.4 Å². The van der Waals surface area contributed by atoms with Crippen LogP contribution in [-0.2, 0) is 0 Å². The van der Waals surface area contributed by atoms with E-state index in [0.29, 0.717) is 0 Å². The van der Waals surface area contributed by atoms with E-state index in [1.165, 1.54) is 75.8 Å². The summed E-state index contributed by atoms with van der Waals surface area (Å²) in [6, 6.07) is 68.3. The number of pyridine rings is 1. The Morgan fingerprint density at radius 3 is 1.23 bits per heavy atom. The number of aromatic nitrogens is 1. The summed E-state index contributed by atoms with van der Waals surface area (Å²) in [6.07, 6.45) is 3.65. The van der Waals surface area contributed by atoms with E-state index in [1.54, 1.807) is 6.20 Å². The average molecular weight is 732 g/mol. The highest BCUT2D eigenvalue weighted by Gasteiger charge is 2.12. The van der Waals surface area contributed by atoms with Gasteiger partial charge in [-0.05, 0) is 133 Å². The predicted octanol–water partition coefficient (Wildman–Crippen LogP) is 15.4. The third-order valence-corrected chi connectivity index (χ3v) is 12.1. The molecular formula is C53H33NOS. The number of benzene rings is 8. The van der Waals surface area contributed by atoms with Crippen molar-refractivity contribution < 1.29 is 4.42 Å². The van der Waals surface area contributed by atoms with Gasteiger partial charge in [0.1, 0.15) is 11.2 Å². The molecular weight excluding hydrogens is 699 g/mol. The van der Waals surface area contributed by atoms with E-state index in [0.717, 1.165) is 33.1 Å². The van der Waals surface area contributed by atoms with Gasteiger partial charge in [0.25, 0.3) is 0 Å². The molecule has 0 aliphatic rings. The third-order valence-electron chi connectivity index (χ3n) is 11.0. The quantitative estimate of drug-likeness (QED) is 0.170. The molecule has 0 atom stereocenters. The molecule has 3 heterocycles. The first-order chi connectivity index (χ1) is 27.7. The van der Waals surface area contributed by atoms with Gasteiger partial charge < -0.3 is 4.42 Å². The maximum Gasteiger partial charge on any atom is 0.138 e. The molecule has 3 heteroatoms. The summed E-state index contributed by atoms with van der Waals surface area (Å²) in [6.45, 7) is 0. The van der Waals surface area contributed by atoms with Crippen molar-refractivity contribution in [2.24, 2.45) is 0 Å². The van der Waals surface area contributed by atoms with Crippen molar-refractivity contribution in [3.63, 3.8) is 0 Å². The summed E-state index contributed by atoms with van der Waals surface area (Å²) in [5.74, 6) is 0. The molecule has 11 rings (SSSR count). The highest BCUT2D eigenvalue weighted by Crippen LogP contribution is 2.38. The molecule has 2 nitrogen and oxygen atoms in total. The third kappa shape index (κ3) is 5.78. The molecule has 0 N–H and O–H groups in total. The van der Waals surface area contributed by atoms with E-state index in [9.17, 15) is 0 Å². The Hall–Kier alpha value is -7.07. The van der Waals surface area contributed by atoms with Gasteiger partial charge in [-0.15, -0.1) is 11.3 Å². The molecule has 0 unspecified atom stereocenters. The van der Waals surface area contributed by atoms with Gasteiger partial charge in [0, 0.05) is 43.3 Å². The van der Waals surface area contributed by atoms with Crippen LogP contribution in [0.2, 0.25) is 0 Å². The average Bonchev–Trinajstić information content (AvgIpc) is 3.84. The summed E-state index contributed by atoms with van der Waals surface area (Å²) in [5, 5.41) is 4.77. The first-order valence-corrected chi connectivity index (χ1v) is 19.7. The molecule has 0 radical (unpaired) electrons. The van der Waals surface area contributed by atoms with Crippen LogP contribution in [0, 0.1) is 0 Å². The zero-order valence-corrected chi connectivity index (χ0v) is 31.1. The monoisotopic (exact) mass is 731 g/mol. The van der Waals surface area contributed by atoms with Gasteiger partial charge >= 0.3 is 0 Å². The Balaban J connectivity index is 0.886. The van der Waals surface area contributed by atoms with Crippen molar-refractivity contribution in [1.29, 1.82) is 0 Å². The Morgan fingerprint density at radius 1 is 0.304 bits per heavy atom. The summed E-state index contributed by atoms with van der Waals surface area (Å²) in [7, 11) is 0. The number of nitrogens with zero attached hydrogens (tertiary/aromatic N) is 1. The van der Waals surface area contributed by atoms with Crippen LogP contribution in [0.4, 0.5) is 0 Å². The lowest BCUT2D eigenvalue weighted by Gasteiger charge is -2.11. The highest BCUT2D eigenvalue weighted by molar-refractivity contribution is 7.25. The summed E-state index contributed by atoms with van der Waals surface area (Å²) >= 11 is 1.86. The van der Waals surface area contributed by atoms with Gasteiger partial charge in [-0.3, -0.25) is 4.98 Å². The van der Waals surface area contributed by atoms with Crippen LogP contribution in [0.5, 0.6) is 0 Å². The van der Waals surface area contributed by atoms with Crippen LogP contribution in [0.25, 0.3) is 109 Å². The fourth-order valence-corrected chi connectivity index (χ4v) is 9.18. The molecule has 0 fully saturated rings. The number of rotatable bonds is 6. The van der Waals surface area contributed by atoms with Crippen LogP contribution in [0.15, 0.2) is 205 Å². The van der Waals surface area contributed by atoms with Gasteiger partial charge in [-0.2, -0.15) is 0 Å². The number of hydrogen-bond donors (Lipinski definition) is 0. The normalized spacial score (nSPS) is 11.6. The highest BCUT2D eigenvalue weighted by atomic mass is 32.1. The summed E-state index contributed by atoms with van der Waals surface area (Å²) < 4.78 is 8.71. The van der Waals surface area contributed by atoms with Crippen LogP contribution in [0.3, 0.4) is 0 Å². The van der Waals surface area contributed by atoms with Crippen LogP contribution in [0.1, 0.15) is 0 Å². The fraction of sp³-hybridized carbons (Fsp3) is 0. The van der Waals surface area contributed by atoms with Crippen LogP contribution < -0.4 is 0 Å². The Morgan fingerprint density at radius 2 is 0.714 bits per heavy atom. The molecule has 0 bridgehead atoms. The SMILES string of the molecule is c1cc(-c2cccc(-c3cccc(-c4ccc5oc6ccncc6c5c4)c3)c2)cc(-c2cccc(-c3cccc(-c4ccc5sc6ccccc6c5c4)c3)c2)c1. The number of furan rings is 1. The minimum absolute atomic E-state index is 0.858. The Bertz CT molecular complexity index is 3060. The lowest BCUT2D eigenvalue weighted by molar-refractivity contribution is 0.668. The van der Waals surface area contributed by atoms with E-state index in [4.69, 9.17) is 4.42 Å².